The Hall–Kier alpha value is -1.88. The molecule has 1 heterocycles. The van der Waals surface area contributed by atoms with E-state index < -0.39 is 17.6 Å². The molecule has 0 unspecified atom stereocenters. The quantitative estimate of drug-likeness (QED) is 0.775. The van der Waals surface area contributed by atoms with Crippen LogP contribution in [0, 0.1) is 5.82 Å². The largest absolute Gasteiger partial charge is 0.416 e. The summed E-state index contributed by atoms with van der Waals surface area (Å²) in [5.41, 5.74) is 1.71. The van der Waals surface area contributed by atoms with E-state index >= 15 is 0 Å². The fourth-order valence-corrected chi connectivity index (χ4v) is 2.39. The van der Waals surface area contributed by atoms with E-state index in [0.717, 1.165) is 35.9 Å². The summed E-state index contributed by atoms with van der Waals surface area (Å²) < 4.78 is 51.9. The molecule has 1 nitrogen and oxygen atoms in total. The lowest BCUT2D eigenvalue weighted by Crippen LogP contribution is -2.05. The maximum absolute atomic E-state index is 13.8. The first kappa shape index (κ1) is 13.1. The first-order valence-electron chi connectivity index (χ1n) is 6.15. The van der Waals surface area contributed by atoms with Gasteiger partial charge in [0.25, 0.3) is 0 Å². The molecule has 1 N–H and O–H groups in total. The molecule has 0 radical (unpaired) electrons. The predicted octanol–water partition coefficient (Wildman–Crippen LogP) is 4.11. The summed E-state index contributed by atoms with van der Waals surface area (Å²) in [4.78, 5) is 0. The van der Waals surface area contributed by atoms with Gasteiger partial charge in [-0.3, -0.25) is 0 Å². The Labute approximate surface area is 113 Å². The van der Waals surface area contributed by atoms with Crippen molar-refractivity contribution >= 4 is 0 Å². The summed E-state index contributed by atoms with van der Waals surface area (Å²) in [6.07, 6.45) is -4.47. The van der Waals surface area contributed by atoms with E-state index in [4.69, 9.17) is 0 Å². The Morgan fingerprint density at radius 2 is 1.65 bits per heavy atom. The smallest absolute Gasteiger partial charge is 0.309 e. The highest BCUT2D eigenvalue weighted by Crippen LogP contribution is 2.34. The molecule has 0 saturated heterocycles. The van der Waals surface area contributed by atoms with Crippen molar-refractivity contribution < 1.29 is 17.6 Å². The van der Waals surface area contributed by atoms with Crippen molar-refractivity contribution in [3.63, 3.8) is 0 Å². The van der Waals surface area contributed by atoms with Crippen LogP contribution in [0.2, 0.25) is 0 Å². The van der Waals surface area contributed by atoms with E-state index in [9.17, 15) is 17.6 Å². The number of alkyl halides is 3. The first-order chi connectivity index (χ1) is 9.45. The number of fused-ring (bicyclic) bond motifs is 1. The summed E-state index contributed by atoms with van der Waals surface area (Å²) in [6.45, 7) is 1.39. The molecule has 3 rings (SSSR count). The van der Waals surface area contributed by atoms with Gasteiger partial charge in [0, 0.05) is 18.7 Å². The van der Waals surface area contributed by atoms with Crippen LogP contribution in [0.4, 0.5) is 17.6 Å². The predicted molar refractivity (Wildman–Crippen MR) is 67.4 cm³/mol. The van der Waals surface area contributed by atoms with Crippen molar-refractivity contribution in [2.24, 2.45) is 0 Å². The van der Waals surface area contributed by atoms with Crippen molar-refractivity contribution in [2.45, 2.75) is 19.3 Å². The maximum atomic E-state index is 13.8. The van der Waals surface area contributed by atoms with E-state index in [-0.39, 0.29) is 5.56 Å². The van der Waals surface area contributed by atoms with Gasteiger partial charge in [0.1, 0.15) is 5.82 Å². The Morgan fingerprint density at radius 1 is 0.900 bits per heavy atom. The summed E-state index contributed by atoms with van der Waals surface area (Å²) in [7, 11) is 0. The minimum Gasteiger partial charge on any atom is -0.309 e. The molecule has 1 aliphatic heterocycles. The highest BCUT2D eigenvalue weighted by atomic mass is 19.4. The lowest BCUT2D eigenvalue weighted by atomic mass is 9.98. The van der Waals surface area contributed by atoms with Crippen LogP contribution in [-0.2, 0) is 19.3 Å². The fraction of sp³-hybridized carbons (Fsp3) is 0.200. The summed E-state index contributed by atoms with van der Waals surface area (Å²) >= 11 is 0. The number of benzene rings is 2. The Bertz CT molecular complexity index is 661. The molecule has 0 saturated carbocycles. The lowest BCUT2D eigenvalue weighted by Gasteiger charge is -2.11. The molecule has 0 aliphatic carbocycles. The Kier molecular flexibility index (Phi) is 3.01. The van der Waals surface area contributed by atoms with Crippen LogP contribution in [0.25, 0.3) is 11.1 Å². The molecule has 0 atom stereocenters. The van der Waals surface area contributed by atoms with Crippen LogP contribution in [0.1, 0.15) is 16.7 Å². The zero-order valence-corrected chi connectivity index (χ0v) is 10.4. The SMILES string of the molecule is Fc1ccc(C(F)(F)F)cc1-c1ccc2c(c1)CNC2. The van der Waals surface area contributed by atoms with Gasteiger partial charge in [-0.05, 0) is 41.0 Å². The molecule has 2 aromatic carbocycles. The third kappa shape index (κ3) is 2.29. The minimum atomic E-state index is -4.47. The molecule has 1 aliphatic rings. The molecular weight excluding hydrogens is 270 g/mol. The monoisotopic (exact) mass is 281 g/mol. The zero-order chi connectivity index (χ0) is 14.3. The third-order valence-electron chi connectivity index (χ3n) is 3.44. The second-order valence-corrected chi connectivity index (χ2v) is 4.78. The Morgan fingerprint density at radius 3 is 2.40 bits per heavy atom. The van der Waals surface area contributed by atoms with Gasteiger partial charge in [-0.15, -0.1) is 0 Å². The van der Waals surface area contributed by atoms with Crippen LogP contribution < -0.4 is 5.32 Å². The van der Waals surface area contributed by atoms with Gasteiger partial charge in [-0.1, -0.05) is 12.1 Å². The fourth-order valence-electron chi connectivity index (χ4n) is 2.39. The van der Waals surface area contributed by atoms with Crippen LogP contribution in [0.5, 0.6) is 0 Å². The van der Waals surface area contributed by atoms with Crippen molar-refractivity contribution in [3.05, 3.63) is 58.9 Å². The number of rotatable bonds is 1. The molecule has 20 heavy (non-hydrogen) atoms. The van der Waals surface area contributed by atoms with Crippen molar-refractivity contribution in [1.29, 1.82) is 0 Å². The van der Waals surface area contributed by atoms with E-state index in [0.29, 0.717) is 12.1 Å². The topological polar surface area (TPSA) is 12.0 Å². The van der Waals surface area contributed by atoms with Gasteiger partial charge in [0.05, 0.1) is 5.56 Å². The molecule has 0 fully saturated rings. The second kappa shape index (κ2) is 4.59. The second-order valence-electron chi connectivity index (χ2n) is 4.78. The molecule has 0 aromatic heterocycles. The average molecular weight is 281 g/mol. The minimum absolute atomic E-state index is 0.0190. The number of nitrogens with one attached hydrogen (secondary N) is 1. The molecular formula is C15H11F4N. The summed E-state index contributed by atoms with van der Waals surface area (Å²) in [6, 6.07) is 7.71. The summed E-state index contributed by atoms with van der Waals surface area (Å²) in [5, 5.41) is 3.14. The number of halogens is 4. The van der Waals surface area contributed by atoms with Gasteiger partial charge in [0.15, 0.2) is 0 Å². The van der Waals surface area contributed by atoms with Crippen LogP contribution in [0.3, 0.4) is 0 Å². The first-order valence-corrected chi connectivity index (χ1v) is 6.15. The molecule has 0 amide bonds. The molecule has 0 bridgehead atoms. The molecule has 5 heteroatoms. The standard InChI is InChI=1S/C15H11F4N/c16-14-4-3-12(15(17,18)19)6-13(14)9-1-2-10-7-20-8-11(10)5-9/h1-6,20H,7-8H2. The van der Waals surface area contributed by atoms with Crippen LogP contribution >= 0.6 is 0 Å². The third-order valence-corrected chi connectivity index (χ3v) is 3.44. The zero-order valence-electron chi connectivity index (χ0n) is 10.4. The van der Waals surface area contributed by atoms with E-state index in [1.54, 1.807) is 12.1 Å². The van der Waals surface area contributed by atoms with E-state index in [1.807, 2.05) is 6.07 Å². The molecule has 0 spiro atoms. The molecule has 2 aromatic rings. The van der Waals surface area contributed by atoms with Crippen molar-refractivity contribution in [3.8, 4) is 11.1 Å². The summed E-state index contributed by atoms with van der Waals surface area (Å²) in [5.74, 6) is -0.649. The highest BCUT2D eigenvalue weighted by Gasteiger charge is 2.31. The van der Waals surface area contributed by atoms with Crippen LogP contribution in [0.15, 0.2) is 36.4 Å². The van der Waals surface area contributed by atoms with Gasteiger partial charge in [0.2, 0.25) is 0 Å². The van der Waals surface area contributed by atoms with Gasteiger partial charge in [-0.25, -0.2) is 4.39 Å². The average Bonchev–Trinajstić information content (AvgIpc) is 2.85. The lowest BCUT2D eigenvalue weighted by molar-refractivity contribution is -0.137. The van der Waals surface area contributed by atoms with Gasteiger partial charge in [-0.2, -0.15) is 13.2 Å². The van der Waals surface area contributed by atoms with E-state index in [2.05, 4.69) is 5.32 Å². The van der Waals surface area contributed by atoms with Crippen LogP contribution in [-0.4, -0.2) is 0 Å². The van der Waals surface area contributed by atoms with Crippen molar-refractivity contribution in [1.82, 2.24) is 5.32 Å². The van der Waals surface area contributed by atoms with Crippen molar-refractivity contribution in [2.75, 3.05) is 0 Å². The maximum Gasteiger partial charge on any atom is 0.416 e. The van der Waals surface area contributed by atoms with E-state index in [1.165, 1.54) is 0 Å². The number of hydrogen-bond donors (Lipinski definition) is 1. The van der Waals surface area contributed by atoms with Gasteiger partial charge >= 0.3 is 6.18 Å². The Balaban J connectivity index is 2.09. The van der Waals surface area contributed by atoms with Gasteiger partial charge < -0.3 is 5.32 Å². The molecule has 104 valence electrons. The normalized spacial score (nSPS) is 14.4. The highest BCUT2D eigenvalue weighted by molar-refractivity contribution is 5.67. The number of hydrogen-bond acceptors (Lipinski definition) is 1.